The highest BCUT2D eigenvalue weighted by molar-refractivity contribution is 5.34. The molecule has 2 rings (SSSR count). The van der Waals surface area contributed by atoms with Crippen LogP contribution in [0, 0.1) is 0 Å². The van der Waals surface area contributed by atoms with Crippen molar-refractivity contribution in [2.75, 3.05) is 25.0 Å². The second-order valence-corrected chi connectivity index (χ2v) is 4.58. The smallest absolute Gasteiger partial charge is 0.126 e. The molecule has 1 fully saturated rings. The lowest BCUT2D eigenvalue weighted by Crippen LogP contribution is -2.37. The van der Waals surface area contributed by atoms with E-state index >= 15 is 0 Å². The van der Waals surface area contributed by atoms with Crippen LogP contribution in [-0.2, 0) is 6.54 Å². The quantitative estimate of drug-likeness (QED) is 0.829. The summed E-state index contributed by atoms with van der Waals surface area (Å²) < 4.78 is 0. The topological polar surface area (TPSA) is 48.4 Å². The van der Waals surface area contributed by atoms with Gasteiger partial charge in [-0.1, -0.05) is 6.07 Å². The molecule has 1 atom stereocenters. The fraction of sp³-hybridized carbons (Fsp3) is 0.615. The van der Waals surface area contributed by atoms with Gasteiger partial charge in [-0.3, -0.25) is 4.90 Å². The summed E-state index contributed by atoms with van der Waals surface area (Å²) >= 11 is 0. The highest BCUT2D eigenvalue weighted by Crippen LogP contribution is 2.13. The Bertz CT molecular complexity index is 356. The third-order valence-corrected chi connectivity index (χ3v) is 3.03. The van der Waals surface area contributed by atoms with Gasteiger partial charge in [-0.05, 0) is 38.4 Å². The maximum Gasteiger partial charge on any atom is 0.126 e. The summed E-state index contributed by atoms with van der Waals surface area (Å²) in [7, 11) is 0. The van der Waals surface area contributed by atoms with E-state index in [1.165, 1.54) is 0 Å². The summed E-state index contributed by atoms with van der Waals surface area (Å²) in [4.78, 5) is 6.82. The van der Waals surface area contributed by atoms with E-state index in [4.69, 9.17) is 0 Å². The third-order valence-electron chi connectivity index (χ3n) is 3.03. The van der Waals surface area contributed by atoms with Crippen molar-refractivity contribution < 1.29 is 5.11 Å². The molecule has 2 heterocycles. The second-order valence-electron chi connectivity index (χ2n) is 4.58. The van der Waals surface area contributed by atoms with Crippen molar-refractivity contribution in [1.29, 1.82) is 0 Å². The number of hydrogen-bond donors (Lipinski definition) is 2. The molecule has 1 aliphatic rings. The Morgan fingerprint density at radius 1 is 1.53 bits per heavy atom. The van der Waals surface area contributed by atoms with Gasteiger partial charge in [0.2, 0.25) is 0 Å². The number of pyridine rings is 1. The largest absolute Gasteiger partial charge is 0.392 e. The molecule has 1 aromatic heterocycles. The molecule has 94 valence electrons. The molecular formula is C13H21N3O. The SMILES string of the molecule is CCNc1cccc(CN2CCCC(O)C2)n1. The van der Waals surface area contributed by atoms with Gasteiger partial charge in [0.05, 0.1) is 11.8 Å². The van der Waals surface area contributed by atoms with Crippen molar-refractivity contribution in [3.8, 4) is 0 Å². The lowest BCUT2D eigenvalue weighted by atomic mass is 10.1. The number of aromatic nitrogens is 1. The fourth-order valence-electron chi connectivity index (χ4n) is 2.25. The first-order chi connectivity index (χ1) is 8.28. The molecule has 0 aromatic carbocycles. The molecular weight excluding hydrogens is 214 g/mol. The van der Waals surface area contributed by atoms with Crippen LogP contribution in [0.15, 0.2) is 18.2 Å². The van der Waals surface area contributed by atoms with Crippen molar-refractivity contribution in [2.45, 2.75) is 32.4 Å². The van der Waals surface area contributed by atoms with Gasteiger partial charge in [-0.25, -0.2) is 4.98 Å². The van der Waals surface area contributed by atoms with Crippen LogP contribution in [-0.4, -0.2) is 40.7 Å². The van der Waals surface area contributed by atoms with Gasteiger partial charge in [0.1, 0.15) is 5.82 Å². The maximum absolute atomic E-state index is 9.62. The first-order valence-electron chi connectivity index (χ1n) is 6.38. The van der Waals surface area contributed by atoms with Crippen molar-refractivity contribution in [3.63, 3.8) is 0 Å². The van der Waals surface area contributed by atoms with E-state index in [1.807, 2.05) is 18.2 Å². The molecule has 1 aromatic rings. The molecule has 4 nitrogen and oxygen atoms in total. The second kappa shape index (κ2) is 5.98. The first-order valence-corrected chi connectivity index (χ1v) is 6.38. The van der Waals surface area contributed by atoms with Crippen LogP contribution >= 0.6 is 0 Å². The van der Waals surface area contributed by atoms with Crippen LogP contribution in [0.3, 0.4) is 0 Å². The average Bonchev–Trinajstić information content (AvgIpc) is 2.30. The van der Waals surface area contributed by atoms with Gasteiger partial charge in [-0.15, -0.1) is 0 Å². The average molecular weight is 235 g/mol. The Hall–Kier alpha value is -1.13. The predicted octanol–water partition coefficient (Wildman–Crippen LogP) is 1.47. The number of aliphatic hydroxyl groups excluding tert-OH is 1. The molecule has 1 aliphatic heterocycles. The van der Waals surface area contributed by atoms with E-state index in [0.717, 1.165) is 50.5 Å². The van der Waals surface area contributed by atoms with Crippen LogP contribution in [0.1, 0.15) is 25.5 Å². The van der Waals surface area contributed by atoms with Crippen LogP contribution in [0.25, 0.3) is 0 Å². The van der Waals surface area contributed by atoms with Crippen LogP contribution in [0.5, 0.6) is 0 Å². The lowest BCUT2D eigenvalue weighted by molar-refractivity contribution is 0.0662. The number of β-amino-alcohol motifs (C(OH)–C–C–N with tert-alkyl or cyclic N) is 1. The highest BCUT2D eigenvalue weighted by atomic mass is 16.3. The highest BCUT2D eigenvalue weighted by Gasteiger charge is 2.17. The summed E-state index contributed by atoms with van der Waals surface area (Å²) in [5.74, 6) is 0.933. The number of nitrogens with zero attached hydrogens (tertiary/aromatic N) is 2. The molecule has 0 bridgehead atoms. The monoisotopic (exact) mass is 235 g/mol. The zero-order valence-corrected chi connectivity index (χ0v) is 10.4. The summed E-state index contributed by atoms with van der Waals surface area (Å²) in [6.45, 7) is 5.61. The van der Waals surface area contributed by atoms with Crippen molar-refractivity contribution in [1.82, 2.24) is 9.88 Å². The summed E-state index contributed by atoms with van der Waals surface area (Å²) in [5, 5.41) is 12.8. The molecule has 0 spiro atoms. The van der Waals surface area contributed by atoms with Gasteiger partial charge in [0.25, 0.3) is 0 Å². The van der Waals surface area contributed by atoms with Gasteiger partial charge in [0.15, 0.2) is 0 Å². The Morgan fingerprint density at radius 3 is 3.18 bits per heavy atom. The number of piperidine rings is 1. The predicted molar refractivity (Wildman–Crippen MR) is 68.9 cm³/mol. The number of aliphatic hydroxyl groups is 1. The van der Waals surface area contributed by atoms with E-state index in [0.29, 0.717) is 0 Å². The van der Waals surface area contributed by atoms with E-state index in [-0.39, 0.29) is 6.10 Å². The molecule has 0 radical (unpaired) electrons. The minimum Gasteiger partial charge on any atom is -0.392 e. The van der Waals surface area contributed by atoms with Gasteiger partial charge < -0.3 is 10.4 Å². The lowest BCUT2D eigenvalue weighted by Gasteiger charge is -2.29. The first kappa shape index (κ1) is 12.3. The molecule has 0 aliphatic carbocycles. The molecule has 4 heteroatoms. The van der Waals surface area contributed by atoms with E-state index in [2.05, 4.69) is 22.1 Å². The molecule has 0 amide bonds. The minimum atomic E-state index is -0.166. The van der Waals surface area contributed by atoms with Crippen molar-refractivity contribution >= 4 is 5.82 Å². The van der Waals surface area contributed by atoms with Gasteiger partial charge in [-0.2, -0.15) is 0 Å². The number of nitrogens with one attached hydrogen (secondary N) is 1. The molecule has 0 saturated carbocycles. The van der Waals surface area contributed by atoms with Crippen molar-refractivity contribution in [3.05, 3.63) is 23.9 Å². The number of likely N-dealkylation sites (tertiary alicyclic amines) is 1. The maximum atomic E-state index is 9.62. The zero-order chi connectivity index (χ0) is 12.1. The van der Waals surface area contributed by atoms with Gasteiger partial charge >= 0.3 is 0 Å². The van der Waals surface area contributed by atoms with Crippen LogP contribution < -0.4 is 5.32 Å². The third kappa shape index (κ3) is 3.68. The standard InChI is InChI=1S/C13H21N3O/c1-2-14-13-7-3-5-11(15-13)9-16-8-4-6-12(17)10-16/h3,5,7,12,17H,2,4,6,8-10H2,1H3,(H,14,15). The van der Waals surface area contributed by atoms with E-state index < -0.39 is 0 Å². The van der Waals surface area contributed by atoms with Crippen LogP contribution in [0.2, 0.25) is 0 Å². The summed E-state index contributed by atoms with van der Waals surface area (Å²) in [6, 6.07) is 6.06. The number of rotatable bonds is 4. The minimum absolute atomic E-state index is 0.166. The van der Waals surface area contributed by atoms with Crippen LogP contribution in [0.4, 0.5) is 5.82 Å². The molecule has 1 saturated heterocycles. The van der Waals surface area contributed by atoms with E-state index in [9.17, 15) is 5.11 Å². The van der Waals surface area contributed by atoms with Crippen molar-refractivity contribution in [2.24, 2.45) is 0 Å². The number of anilines is 1. The molecule has 17 heavy (non-hydrogen) atoms. The Kier molecular flexibility index (Phi) is 4.34. The summed E-state index contributed by atoms with van der Waals surface area (Å²) in [5.41, 5.74) is 1.07. The number of hydrogen-bond acceptors (Lipinski definition) is 4. The van der Waals surface area contributed by atoms with Gasteiger partial charge in [0, 0.05) is 19.6 Å². The zero-order valence-electron chi connectivity index (χ0n) is 10.4. The fourth-order valence-corrected chi connectivity index (χ4v) is 2.25. The molecule has 1 unspecified atom stereocenters. The summed E-state index contributed by atoms with van der Waals surface area (Å²) in [6.07, 6.45) is 1.84. The normalized spacial score (nSPS) is 21.4. The Morgan fingerprint density at radius 2 is 2.41 bits per heavy atom. The van der Waals surface area contributed by atoms with E-state index in [1.54, 1.807) is 0 Å². The Labute approximate surface area is 103 Å². The Balaban J connectivity index is 1.95. The molecule has 2 N–H and O–H groups in total.